The number of hydrogen-bond donors (Lipinski definition) is 0. The van der Waals surface area contributed by atoms with Crippen molar-refractivity contribution in [2.45, 2.75) is 38.5 Å². The molecule has 0 nitrogen and oxygen atoms in total. The normalized spacial score (nSPS) is 15.8. The third-order valence-corrected chi connectivity index (χ3v) is 7.31. The van der Waals surface area contributed by atoms with Gasteiger partial charge in [0.25, 0.3) is 0 Å². The van der Waals surface area contributed by atoms with E-state index in [4.69, 9.17) is 11.6 Å². The molecule has 1 spiro atoms. The van der Waals surface area contributed by atoms with Gasteiger partial charge in [0.05, 0.1) is 5.41 Å². The molecule has 0 unspecified atom stereocenters. The van der Waals surface area contributed by atoms with Crippen molar-refractivity contribution in [3.63, 3.8) is 0 Å². The van der Waals surface area contributed by atoms with Crippen molar-refractivity contribution in [1.82, 2.24) is 0 Å². The van der Waals surface area contributed by atoms with E-state index in [1.807, 2.05) is 19.9 Å². The predicted molar refractivity (Wildman–Crippen MR) is 132 cm³/mol. The van der Waals surface area contributed by atoms with Gasteiger partial charge in [-0.25, -0.2) is 0 Å². The first-order valence-electron chi connectivity index (χ1n) is 11.2. The van der Waals surface area contributed by atoms with Gasteiger partial charge >= 0.3 is 0 Å². The number of benzene rings is 4. The third kappa shape index (κ3) is 2.43. The predicted octanol–water partition coefficient (Wildman–Crippen LogP) is 8.37. The summed E-state index contributed by atoms with van der Waals surface area (Å²) in [6.45, 7) is 8.60. The second-order valence-electron chi connectivity index (χ2n) is 8.67. The first-order valence-corrected chi connectivity index (χ1v) is 11.5. The summed E-state index contributed by atoms with van der Waals surface area (Å²) in [5, 5.41) is 0.850. The minimum atomic E-state index is -0.334. The quantitative estimate of drug-likeness (QED) is 0.235. The summed E-state index contributed by atoms with van der Waals surface area (Å²) in [4.78, 5) is 0. The molecule has 0 N–H and O–H groups in total. The van der Waals surface area contributed by atoms with Crippen molar-refractivity contribution in [3.05, 3.63) is 129 Å². The Labute approximate surface area is 190 Å². The van der Waals surface area contributed by atoms with E-state index in [1.54, 1.807) is 0 Å². The van der Waals surface area contributed by atoms with Gasteiger partial charge in [0.1, 0.15) is 0 Å². The van der Waals surface area contributed by atoms with E-state index >= 15 is 0 Å². The Kier molecular flexibility index (Phi) is 4.61. The van der Waals surface area contributed by atoms with Crippen LogP contribution < -0.4 is 0 Å². The van der Waals surface area contributed by atoms with Crippen molar-refractivity contribution in [1.29, 1.82) is 0 Å². The Morgan fingerprint density at radius 3 is 1.55 bits per heavy atom. The molecule has 1 heteroatoms. The van der Waals surface area contributed by atoms with Gasteiger partial charge < -0.3 is 0 Å². The van der Waals surface area contributed by atoms with Crippen LogP contribution in [0.3, 0.4) is 0 Å². The van der Waals surface area contributed by atoms with E-state index in [0.717, 1.165) is 5.02 Å². The topological polar surface area (TPSA) is 0 Å². The molecule has 2 aliphatic rings. The summed E-state index contributed by atoms with van der Waals surface area (Å²) < 4.78 is 0. The molecule has 0 heterocycles. The van der Waals surface area contributed by atoms with Gasteiger partial charge in [-0.1, -0.05) is 124 Å². The Hall–Kier alpha value is -2.83. The van der Waals surface area contributed by atoms with Gasteiger partial charge in [-0.2, -0.15) is 0 Å². The van der Waals surface area contributed by atoms with Gasteiger partial charge in [-0.3, -0.25) is 0 Å². The monoisotopic (exact) mass is 422 g/mol. The molecule has 0 radical (unpaired) electrons. The maximum absolute atomic E-state index is 6.91. The molecule has 2 aliphatic carbocycles. The zero-order valence-electron chi connectivity index (χ0n) is 18.5. The number of hydrogen-bond acceptors (Lipinski definition) is 0. The molecule has 154 valence electrons. The summed E-state index contributed by atoms with van der Waals surface area (Å²) in [6.07, 6.45) is 0. The van der Waals surface area contributed by atoms with Crippen molar-refractivity contribution in [2.75, 3.05) is 0 Å². The summed E-state index contributed by atoms with van der Waals surface area (Å²) >= 11 is 6.91. The maximum atomic E-state index is 6.91. The Morgan fingerprint density at radius 1 is 0.516 bits per heavy atom. The Bertz CT molecular complexity index is 1250. The van der Waals surface area contributed by atoms with Crippen LogP contribution in [0.2, 0.25) is 5.02 Å². The average molecular weight is 423 g/mol. The molecule has 0 aliphatic heterocycles. The van der Waals surface area contributed by atoms with E-state index in [2.05, 4.69) is 98.8 Å². The molecule has 4 aromatic carbocycles. The molecular weight excluding hydrogens is 396 g/mol. The van der Waals surface area contributed by atoms with E-state index in [9.17, 15) is 0 Å². The lowest BCUT2D eigenvalue weighted by molar-refractivity contribution is 0.563. The molecular formula is C30H27Cl. The van der Waals surface area contributed by atoms with Crippen LogP contribution in [0.4, 0.5) is 0 Å². The minimum Gasteiger partial charge on any atom is -0.0840 e. The summed E-state index contributed by atoms with van der Waals surface area (Å²) in [7, 11) is 0. The minimum absolute atomic E-state index is 0.165. The molecule has 0 amide bonds. The van der Waals surface area contributed by atoms with Gasteiger partial charge in [0, 0.05) is 10.4 Å². The highest BCUT2D eigenvalue weighted by molar-refractivity contribution is 6.31. The lowest BCUT2D eigenvalue weighted by Crippen LogP contribution is -2.40. The number of halogens is 1. The largest absolute Gasteiger partial charge is 0.0840 e. The van der Waals surface area contributed by atoms with Crippen LogP contribution >= 0.6 is 11.6 Å². The summed E-state index contributed by atoms with van der Waals surface area (Å²) in [6, 6.07) is 33.1. The zero-order valence-corrected chi connectivity index (χ0v) is 19.3. The zero-order chi connectivity index (χ0) is 21.8. The second kappa shape index (κ2) is 7.11. The van der Waals surface area contributed by atoms with Crippen molar-refractivity contribution in [3.8, 4) is 11.1 Å². The molecule has 31 heavy (non-hydrogen) atoms. The van der Waals surface area contributed by atoms with E-state index in [0.29, 0.717) is 0 Å². The Balaban J connectivity index is 0.000000994. The molecule has 0 saturated heterocycles. The Morgan fingerprint density at radius 2 is 0.968 bits per heavy atom. The first kappa shape index (κ1) is 20.1. The van der Waals surface area contributed by atoms with E-state index in [-0.39, 0.29) is 10.8 Å². The highest BCUT2D eigenvalue weighted by Crippen LogP contribution is 2.62. The summed E-state index contributed by atoms with van der Waals surface area (Å²) in [5.74, 6) is 0. The molecule has 0 saturated carbocycles. The summed E-state index contributed by atoms with van der Waals surface area (Å²) in [5.41, 5.74) is 10.1. The fraction of sp³-hybridized carbons (Fsp3) is 0.200. The third-order valence-electron chi connectivity index (χ3n) is 7.00. The molecule has 0 fully saturated rings. The fourth-order valence-corrected chi connectivity index (χ4v) is 6.33. The average Bonchev–Trinajstić information content (AvgIpc) is 3.10. The van der Waals surface area contributed by atoms with Crippen LogP contribution in [-0.4, -0.2) is 0 Å². The fourth-order valence-electron chi connectivity index (χ4n) is 5.92. The number of rotatable bonds is 0. The van der Waals surface area contributed by atoms with Crippen molar-refractivity contribution >= 4 is 11.6 Å². The number of fused-ring (bicyclic) bond motifs is 9. The van der Waals surface area contributed by atoms with Crippen LogP contribution in [0.1, 0.15) is 61.1 Å². The van der Waals surface area contributed by atoms with Crippen LogP contribution in [0, 0.1) is 0 Å². The standard InChI is InChI=1S/C28H21Cl.C2H6/c1-27(2)22-14-7-8-15-23(22)28(24-16-9-17-25(29)26(24)27)20-12-5-3-10-18(20)19-11-4-6-13-21(19)28;1-2/h3-17H,1-2H3;1-2H3. The smallest absolute Gasteiger partial charge is 0.0720 e. The van der Waals surface area contributed by atoms with Crippen LogP contribution in [0.5, 0.6) is 0 Å². The highest BCUT2D eigenvalue weighted by atomic mass is 35.5. The van der Waals surface area contributed by atoms with Gasteiger partial charge in [0.2, 0.25) is 0 Å². The van der Waals surface area contributed by atoms with Gasteiger partial charge in [-0.05, 0) is 50.6 Å². The molecule has 0 bridgehead atoms. The van der Waals surface area contributed by atoms with Crippen LogP contribution in [0.15, 0.2) is 91.0 Å². The SMILES string of the molecule is CC.CC1(C)c2ccccc2C2(c3ccccc3-c3ccccc32)c2cccc(Cl)c21. The van der Waals surface area contributed by atoms with Crippen LogP contribution in [-0.2, 0) is 10.8 Å². The lowest BCUT2D eigenvalue weighted by atomic mass is 9.55. The van der Waals surface area contributed by atoms with Crippen molar-refractivity contribution < 1.29 is 0 Å². The van der Waals surface area contributed by atoms with Gasteiger partial charge in [-0.15, -0.1) is 0 Å². The molecule has 0 atom stereocenters. The van der Waals surface area contributed by atoms with Crippen molar-refractivity contribution in [2.24, 2.45) is 0 Å². The first-order chi connectivity index (χ1) is 15.1. The molecule has 6 rings (SSSR count). The molecule has 0 aromatic heterocycles. The van der Waals surface area contributed by atoms with E-state index < -0.39 is 0 Å². The second-order valence-corrected chi connectivity index (χ2v) is 9.08. The van der Waals surface area contributed by atoms with Crippen LogP contribution in [0.25, 0.3) is 11.1 Å². The van der Waals surface area contributed by atoms with Gasteiger partial charge in [0.15, 0.2) is 0 Å². The highest BCUT2D eigenvalue weighted by Gasteiger charge is 2.53. The maximum Gasteiger partial charge on any atom is 0.0720 e. The molecule has 4 aromatic rings. The van der Waals surface area contributed by atoms with E-state index in [1.165, 1.54) is 44.5 Å². The lowest BCUT2D eigenvalue weighted by Gasteiger charge is -2.47.